The normalized spacial score (nSPS) is 14.4. The number of thiophene rings is 1. The molecular weight excluding hydrogens is 326 g/mol. The molecule has 0 bridgehead atoms. The van der Waals surface area contributed by atoms with E-state index in [1.807, 2.05) is 23.6 Å². The van der Waals surface area contributed by atoms with Gasteiger partial charge in [0.2, 0.25) is 0 Å². The van der Waals surface area contributed by atoms with Crippen molar-refractivity contribution in [3.63, 3.8) is 0 Å². The van der Waals surface area contributed by atoms with Gasteiger partial charge in [0.05, 0.1) is 18.1 Å². The third-order valence-corrected chi connectivity index (χ3v) is 4.55. The molecule has 2 aromatic heterocycles. The van der Waals surface area contributed by atoms with Gasteiger partial charge in [-0.3, -0.25) is 4.79 Å². The van der Waals surface area contributed by atoms with Crippen LogP contribution in [0.4, 0.5) is 11.6 Å². The van der Waals surface area contributed by atoms with E-state index >= 15 is 0 Å². The summed E-state index contributed by atoms with van der Waals surface area (Å²) in [5.74, 6) is 1.71. The second kappa shape index (κ2) is 8.60. The van der Waals surface area contributed by atoms with Gasteiger partial charge in [-0.05, 0) is 17.9 Å². The summed E-state index contributed by atoms with van der Waals surface area (Å²) in [6, 6.07) is 5.66. The summed E-state index contributed by atoms with van der Waals surface area (Å²) in [6.07, 6.45) is 2.40. The van der Waals surface area contributed by atoms with E-state index in [4.69, 9.17) is 4.74 Å². The molecule has 0 saturated carbocycles. The summed E-state index contributed by atoms with van der Waals surface area (Å²) in [5.41, 5.74) is 0. The Hall–Kier alpha value is -2.19. The van der Waals surface area contributed by atoms with Crippen LogP contribution in [-0.2, 0) is 4.74 Å². The summed E-state index contributed by atoms with van der Waals surface area (Å²) >= 11 is 1.45. The molecule has 1 amide bonds. The Morgan fingerprint density at radius 3 is 2.96 bits per heavy atom. The number of ether oxygens (including phenoxy) is 1. The van der Waals surface area contributed by atoms with Crippen molar-refractivity contribution >= 4 is 28.9 Å². The molecule has 0 spiro atoms. The van der Waals surface area contributed by atoms with Crippen LogP contribution in [-0.4, -0.2) is 55.3 Å². The summed E-state index contributed by atoms with van der Waals surface area (Å²) in [5, 5.41) is 8.09. The van der Waals surface area contributed by atoms with Crippen LogP contribution in [0.15, 0.2) is 29.9 Å². The van der Waals surface area contributed by atoms with Crippen LogP contribution in [0.3, 0.4) is 0 Å². The van der Waals surface area contributed by atoms with Crippen LogP contribution in [0.5, 0.6) is 0 Å². The van der Waals surface area contributed by atoms with Crippen LogP contribution < -0.4 is 15.5 Å². The van der Waals surface area contributed by atoms with Crippen molar-refractivity contribution in [2.24, 2.45) is 0 Å². The zero-order valence-corrected chi connectivity index (χ0v) is 14.2. The predicted molar refractivity (Wildman–Crippen MR) is 94.8 cm³/mol. The number of carbonyl (C=O) groups excluding carboxylic acids is 1. The molecule has 0 aromatic carbocycles. The molecular formula is C16H21N5O2S. The Labute approximate surface area is 145 Å². The highest BCUT2D eigenvalue weighted by Crippen LogP contribution is 2.15. The molecule has 7 nitrogen and oxygen atoms in total. The maximum absolute atomic E-state index is 11.8. The lowest BCUT2D eigenvalue weighted by Crippen LogP contribution is -2.36. The van der Waals surface area contributed by atoms with E-state index in [0.29, 0.717) is 6.54 Å². The molecule has 0 atom stereocenters. The highest BCUT2D eigenvalue weighted by molar-refractivity contribution is 7.12. The second-order valence-corrected chi connectivity index (χ2v) is 6.32. The smallest absolute Gasteiger partial charge is 0.261 e. The van der Waals surface area contributed by atoms with E-state index < -0.39 is 0 Å². The minimum Gasteiger partial charge on any atom is -0.378 e. The number of morpholine rings is 1. The lowest BCUT2D eigenvalue weighted by molar-refractivity contribution is 0.0957. The summed E-state index contributed by atoms with van der Waals surface area (Å²) in [7, 11) is 0. The van der Waals surface area contributed by atoms with Gasteiger partial charge in [0, 0.05) is 32.2 Å². The van der Waals surface area contributed by atoms with E-state index in [0.717, 1.165) is 55.8 Å². The SMILES string of the molecule is O=C(NCCCNc1cc(N2CCOCC2)ncn1)c1cccs1. The second-order valence-electron chi connectivity index (χ2n) is 5.37. The summed E-state index contributed by atoms with van der Waals surface area (Å²) in [4.78, 5) is 23.3. The molecule has 0 aliphatic carbocycles. The Morgan fingerprint density at radius 1 is 1.29 bits per heavy atom. The number of rotatable bonds is 7. The first-order valence-electron chi connectivity index (χ1n) is 8.03. The standard InChI is InChI=1S/C16H21N5O2S/c22-16(13-3-1-10-24-13)18-5-2-4-17-14-11-15(20-12-19-14)21-6-8-23-9-7-21/h1,3,10-12H,2,4-9H2,(H,18,22)(H,17,19,20). The number of hydrogen-bond acceptors (Lipinski definition) is 7. The highest BCUT2D eigenvalue weighted by Gasteiger charge is 2.12. The van der Waals surface area contributed by atoms with E-state index in [1.54, 1.807) is 6.33 Å². The minimum absolute atomic E-state index is 0.0124. The van der Waals surface area contributed by atoms with Crippen LogP contribution in [0.2, 0.25) is 0 Å². The Bertz CT molecular complexity index is 644. The molecule has 1 aliphatic rings. The van der Waals surface area contributed by atoms with Crippen LogP contribution in [0.25, 0.3) is 0 Å². The lowest BCUT2D eigenvalue weighted by Gasteiger charge is -2.27. The van der Waals surface area contributed by atoms with Crippen molar-refractivity contribution in [3.8, 4) is 0 Å². The van der Waals surface area contributed by atoms with Gasteiger partial charge in [0.25, 0.3) is 5.91 Å². The van der Waals surface area contributed by atoms with Crippen molar-refractivity contribution in [3.05, 3.63) is 34.8 Å². The largest absolute Gasteiger partial charge is 0.378 e. The Kier molecular flexibility index (Phi) is 5.97. The molecule has 0 radical (unpaired) electrons. The van der Waals surface area contributed by atoms with Crippen molar-refractivity contribution in [1.29, 1.82) is 0 Å². The number of anilines is 2. The molecule has 2 N–H and O–H groups in total. The number of aromatic nitrogens is 2. The predicted octanol–water partition coefficient (Wildman–Crippen LogP) is 1.61. The molecule has 128 valence electrons. The molecule has 1 aliphatic heterocycles. The fraction of sp³-hybridized carbons (Fsp3) is 0.438. The van der Waals surface area contributed by atoms with Crippen LogP contribution in [0.1, 0.15) is 16.1 Å². The molecule has 1 saturated heterocycles. The third kappa shape index (κ3) is 4.65. The Morgan fingerprint density at radius 2 is 2.17 bits per heavy atom. The fourth-order valence-corrected chi connectivity index (χ4v) is 3.05. The number of carbonyl (C=O) groups is 1. The molecule has 24 heavy (non-hydrogen) atoms. The molecule has 1 fully saturated rings. The Balaban J connectivity index is 1.39. The zero-order chi connectivity index (χ0) is 16.6. The lowest BCUT2D eigenvalue weighted by atomic mass is 10.3. The van der Waals surface area contributed by atoms with Gasteiger partial charge in [0.1, 0.15) is 18.0 Å². The van der Waals surface area contributed by atoms with E-state index in [1.165, 1.54) is 11.3 Å². The van der Waals surface area contributed by atoms with Crippen molar-refractivity contribution in [1.82, 2.24) is 15.3 Å². The molecule has 3 heterocycles. The van der Waals surface area contributed by atoms with E-state index in [9.17, 15) is 4.79 Å². The number of hydrogen-bond donors (Lipinski definition) is 2. The average Bonchev–Trinajstić information content (AvgIpc) is 3.17. The monoisotopic (exact) mass is 347 g/mol. The average molecular weight is 347 g/mol. The van der Waals surface area contributed by atoms with E-state index in [2.05, 4.69) is 25.5 Å². The van der Waals surface area contributed by atoms with E-state index in [-0.39, 0.29) is 5.91 Å². The van der Waals surface area contributed by atoms with Gasteiger partial charge in [-0.1, -0.05) is 6.07 Å². The van der Waals surface area contributed by atoms with Crippen LogP contribution >= 0.6 is 11.3 Å². The molecule has 8 heteroatoms. The zero-order valence-electron chi connectivity index (χ0n) is 13.4. The van der Waals surface area contributed by atoms with Crippen molar-refractivity contribution in [2.75, 3.05) is 49.6 Å². The highest BCUT2D eigenvalue weighted by atomic mass is 32.1. The molecule has 2 aromatic rings. The maximum Gasteiger partial charge on any atom is 0.261 e. The maximum atomic E-state index is 11.8. The number of nitrogens with zero attached hydrogens (tertiary/aromatic N) is 3. The van der Waals surface area contributed by atoms with Gasteiger partial charge in [-0.25, -0.2) is 9.97 Å². The number of amides is 1. The molecule has 0 unspecified atom stereocenters. The van der Waals surface area contributed by atoms with Gasteiger partial charge in [0.15, 0.2) is 0 Å². The fourth-order valence-electron chi connectivity index (χ4n) is 2.41. The quantitative estimate of drug-likeness (QED) is 0.741. The van der Waals surface area contributed by atoms with Crippen LogP contribution in [0, 0.1) is 0 Å². The first-order chi connectivity index (χ1) is 11.8. The first-order valence-corrected chi connectivity index (χ1v) is 8.91. The van der Waals surface area contributed by atoms with Gasteiger partial charge in [-0.15, -0.1) is 11.3 Å². The van der Waals surface area contributed by atoms with Crippen molar-refractivity contribution < 1.29 is 9.53 Å². The third-order valence-electron chi connectivity index (χ3n) is 3.68. The number of nitrogens with one attached hydrogen (secondary N) is 2. The van der Waals surface area contributed by atoms with Gasteiger partial charge in [-0.2, -0.15) is 0 Å². The van der Waals surface area contributed by atoms with Gasteiger partial charge < -0.3 is 20.3 Å². The van der Waals surface area contributed by atoms with Gasteiger partial charge >= 0.3 is 0 Å². The molecule has 3 rings (SSSR count). The minimum atomic E-state index is -0.0124. The first kappa shape index (κ1) is 16.7. The summed E-state index contributed by atoms with van der Waals surface area (Å²) in [6.45, 7) is 4.54. The topological polar surface area (TPSA) is 79.4 Å². The summed E-state index contributed by atoms with van der Waals surface area (Å²) < 4.78 is 5.35. The van der Waals surface area contributed by atoms with Crippen molar-refractivity contribution in [2.45, 2.75) is 6.42 Å².